The average Bonchev–Trinajstić information content (AvgIpc) is 3.54. The summed E-state index contributed by atoms with van der Waals surface area (Å²) in [5.41, 5.74) is 7.39. The van der Waals surface area contributed by atoms with Crippen LogP contribution in [0.1, 0.15) is 0 Å². The highest BCUT2D eigenvalue weighted by Gasteiger charge is 2.18. The first-order valence-corrected chi connectivity index (χ1v) is 16.4. The van der Waals surface area contributed by atoms with E-state index in [4.69, 9.17) is 4.42 Å². The zero-order chi connectivity index (χ0) is 31.6. The Morgan fingerprint density at radius 1 is 0.333 bits per heavy atom. The Kier molecular flexibility index (Phi) is 5.91. The topological polar surface area (TPSA) is 16.4 Å². The summed E-state index contributed by atoms with van der Waals surface area (Å²) in [4.78, 5) is 2.35. The lowest BCUT2D eigenvalue weighted by molar-refractivity contribution is 0.672. The minimum absolute atomic E-state index is 0.876. The van der Waals surface area contributed by atoms with Crippen molar-refractivity contribution >= 4 is 82.1 Å². The van der Waals surface area contributed by atoms with Crippen LogP contribution >= 0.6 is 0 Å². The molecule has 0 aliphatic rings. The molecule has 0 saturated heterocycles. The van der Waals surface area contributed by atoms with Crippen molar-refractivity contribution in [3.63, 3.8) is 0 Å². The van der Waals surface area contributed by atoms with E-state index < -0.39 is 0 Å². The molecule has 224 valence electrons. The van der Waals surface area contributed by atoms with Gasteiger partial charge >= 0.3 is 0 Å². The van der Waals surface area contributed by atoms with Crippen molar-refractivity contribution in [3.8, 4) is 11.1 Å². The Hall–Kier alpha value is -6.38. The van der Waals surface area contributed by atoms with Crippen molar-refractivity contribution in [2.24, 2.45) is 0 Å². The molecular formula is C46H29NO. The Morgan fingerprint density at radius 3 is 1.77 bits per heavy atom. The van der Waals surface area contributed by atoms with Gasteiger partial charge in [0.1, 0.15) is 11.2 Å². The lowest BCUT2D eigenvalue weighted by atomic mass is 9.96. The van der Waals surface area contributed by atoms with Gasteiger partial charge in [0.15, 0.2) is 0 Å². The van der Waals surface area contributed by atoms with Crippen molar-refractivity contribution in [2.45, 2.75) is 0 Å². The molecule has 0 spiro atoms. The summed E-state index contributed by atoms with van der Waals surface area (Å²) in [6.07, 6.45) is 0. The van der Waals surface area contributed by atoms with Crippen LogP contribution in [-0.2, 0) is 0 Å². The molecule has 48 heavy (non-hydrogen) atoms. The largest absolute Gasteiger partial charge is 0.455 e. The predicted octanol–water partition coefficient (Wildman–Crippen LogP) is 13.3. The molecule has 2 nitrogen and oxygen atoms in total. The van der Waals surface area contributed by atoms with Gasteiger partial charge in [-0.25, -0.2) is 0 Å². The van der Waals surface area contributed by atoms with Crippen molar-refractivity contribution in [1.29, 1.82) is 0 Å². The molecule has 0 atom stereocenters. The molecule has 0 saturated carbocycles. The third-order valence-electron chi connectivity index (χ3n) is 9.78. The van der Waals surface area contributed by atoms with Gasteiger partial charge < -0.3 is 9.32 Å². The quantitative estimate of drug-likeness (QED) is 0.184. The second-order valence-electron chi connectivity index (χ2n) is 12.6. The van der Waals surface area contributed by atoms with Gasteiger partial charge in [0, 0.05) is 39.3 Å². The number of rotatable bonds is 4. The first kappa shape index (κ1) is 26.8. The fourth-order valence-corrected chi connectivity index (χ4v) is 7.50. The number of furan rings is 1. The Morgan fingerprint density at radius 2 is 0.917 bits per heavy atom. The van der Waals surface area contributed by atoms with Crippen LogP contribution in [0.4, 0.5) is 17.1 Å². The predicted molar refractivity (Wildman–Crippen MR) is 204 cm³/mol. The van der Waals surface area contributed by atoms with E-state index in [1.54, 1.807) is 0 Å². The molecule has 9 aromatic carbocycles. The van der Waals surface area contributed by atoms with Gasteiger partial charge in [0.2, 0.25) is 0 Å². The van der Waals surface area contributed by atoms with E-state index in [2.05, 4.69) is 181 Å². The maximum atomic E-state index is 6.65. The molecule has 10 rings (SSSR count). The van der Waals surface area contributed by atoms with Crippen LogP contribution < -0.4 is 4.90 Å². The lowest BCUT2D eigenvalue weighted by Crippen LogP contribution is -2.10. The summed E-state index contributed by atoms with van der Waals surface area (Å²) in [5.74, 6) is 0. The van der Waals surface area contributed by atoms with E-state index >= 15 is 0 Å². The number of hydrogen-bond acceptors (Lipinski definition) is 2. The van der Waals surface area contributed by atoms with Crippen LogP contribution in [0.15, 0.2) is 180 Å². The Bertz CT molecular complexity index is 2850. The number of anilines is 3. The summed E-state index contributed by atoms with van der Waals surface area (Å²) < 4.78 is 6.65. The van der Waals surface area contributed by atoms with Gasteiger partial charge in [-0.2, -0.15) is 0 Å². The smallest absolute Gasteiger partial charge is 0.143 e. The van der Waals surface area contributed by atoms with E-state index in [-0.39, 0.29) is 0 Å². The highest BCUT2D eigenvalue weighted by Crippen LogP contribution is 2.42. The van der Waals surface area contributed by atoms with Crippen LogP contribution in [-0.4, -0.2) is 0 Å². The van der Waals surface area contributed by atoms with E-state index in [9.17, 15) is 0 Å². The molecule has 1 heterocycles. The van der Waals surface area contributed by atoms with Gasteiger partial charge in [-0.1, -0.05) is 127 Å². The van der Waals surface area contributed by atoms with Crippen LogP contribution in [0.2, 0.25) is 0 Å². The highest BCUT2D eigenvalue weighted by molar-refractivity contribution is 6.21. The van der Waals surface area contributed by atoms with E-state index in [1.165, 1.54) is 48.8 Å². The maximum Gasteiger partial charge on any atom is 0.143 e. The van der Waals surface area contributed by atoms with Gasteiger partial charge in [-0.05, 0) is 91.3 Å². The van der Waals surface area contributed by atoms with Crippen molar-refractivity contribution in [3.05, 3.63) is 176 Å². The molecule has 0 amide bonds. The van der Waals surface area contributed by atoms with Crippen LogP contribution in [0.25, 0.3) is 76.2 Å². The van der Waals surface area contributed by atoms with Gasteiger partial charge in [0.25, 0.3) is 0 Å². The monoisotopic (exact) mass is 611 g/mol. The van der Waals surface area contributed by atoms with Crippen LogP contribution in [0.5, 0.6) is 0 Å². The van der Waals surface area contributed by atoms with E-state index in [0.717, 1.165) is 44.4 Å². The SMILES string of the molecule is c1ccc(-c2cccc(N(c3ccc4c(ccc5ccc6ccccc6c54)c3)c3ccc4c(c3)oc3c5ccccc5ccc43)c2)cc1. The number of hydrogen-bond donors (Lipinski definition) is 0. The van der Waals surface area contributed by atoms with Crippen molar-refractivity contribution in [2.75, 3.05) is 4.90 Å². The normalized spacial score (nSPS) is 11.8. The molecule has 0 fully saturated rings. The standard InChI is InChI=1S/C46H29NO/c1-2-9-30(10-3-1)34-13-8-14-36(27-34)47(38-23-26-42-43-24-21-32-12-5-7-16-41(32)46(43)48-44(42)29-38)37-22-25-40-35(28-37)20-19-33-18-17-31-11-4-6-15-39(31)45(33)40/h1-29H. The molecule has 0 N–H and O–H groups in total. The molecule has 0 aliphatic carbocycles. The molecule has 10 aromatic rings. The summed E-state index contributed by atoms with van der Waals surface area (Å²) in [5, 5.41) is 12.1. The molecule has 1 aromatic heterocycles. The Balaban J connectivity index is 1.20. The number of nitrogens with zero attached hydrogens (tertiary/aromatic N) is 1. The third-order valence-corrected chi connectivity index (χ3v) is 9.78. The van der Waals surface area contributed by atoms with E-state index in [1.807, 2.05) is 0 Å². The third kappa shape index (κ3) is 4.20. The summed E-state index contributed by atoms with van der Waals surface area (Å²) in [7, 11) is 0. The molecule has 0 unspecified atom stereocenters. The maximum absolute atomic E-state index is 6.65. The fraction of sp³-hybridized carbons (Fsp3) is 0. The lowest BCUT2D eigenvalue weighted by Gasteiger charge is -2.26. The minimum Gasteiger partial charge on any atom is -0.455 e. The molecule has 0 radical (unpaired) electrons. The molecular weight excluding hydrogens is 583 g/mol. The first-order valence-electron chi connectivity index (χ1n) is 16.4. The van der Waals surface area contributed by atoms with Gasteiger partial charge in [-0.3, -0.25) is 0 Å². The number of benzene rings is 9. The minimum atomic E-state index is 0.876. The molecule has 0 bridgehead atoms. The van der Waals surface area contributed by atoms with Crippen LogP contribution in [0.3, 0.4) is 0 Å². The first-order chi connectivity index (χ1) is 23.8. The highest BCUT2D eigenvalue weighted by atomic mass is 16.3. The molecule has 0 aliphatic heterocycles. The average molecular weight is 612 g/mol. The van der Waals surface area contributed by atoms with Crippen LogP contribution in [0, 0.1) is 0 Å². The fourth-order valence-electron chi connectivity index (χ4n) is 7.50. The molecule has 2 heteroatoms. The summed E-state index contributed by atoms with van der Waals surface area (Å²) >= 11 is 0. The van der Waals surface area contributed by atoms with Crippen molar-refractivity contribution in [1.82, 2.24) is 0 Å². The van der Waals surface area contributed by atoms with Crippen molar-refractivity contribution < 1.29 is 4.42 Å². The van der Waals surface area contributed by atoms with Gasteiger partial charge in [-0.15, -0.1) is 0 Å². The number of fused-ring (bicyclic) bond motifs is 10. The second-order valence-corrected chi connectivity index (χ2v) is 12.6. The summed E-state index contributed by atoms with van der Waals surface area (Å²) in [6.45, 7) is 0. The zero-order valence-corrected chi connectivity index (χ0v) is 26.1. The van der Waals surface area contributed by atoms with Gasteiger partial charge in [0.05, 0.1) is 0 Å². The zero-order valence-electron chi connectivity index (χ0n) is 26.1. The second kappa shape index (κ2) is 10.6. The van der Waals surface area contributed by atoms with E-state index in [0.29, 0.717) is 0 Å². The summed E-state index contributed by atoms with van der Waals surface area (Å²) in [6, 6.07) is 63.3. The Labute approximate surface area is 277 Å².